The third-order valence-corrected chi connectivity index (χ3v) is 3.46. The monoisotopic (exact) mass is 285 g/mol. The minimum absolute atomic E-state index is 0.0239. The molecule has 110 valence electrons. The standard InChI is InChI=1S/C17H19NO3/c1-12(18-16(19)10-5-11-17(20)21)14-9-4-7-13-6-2-3-8-15(13)14/h2-4,6-9,12H,5,10-11H2,1H3,(H,18,19)(H,20,21)/t12-/m0/s1. The van der Waals surface area contributed by atoms with E-state index in [1.165, 1.54) is 0 Å². The van der Waals surface area contributed by atoms with Crippen LogP contribution in [0.3, 0.4) is 0 Å². The fraction of sp³-hybridized carbons (Fsp3) is 0.294. The Hall–Kier alpha value is -2.36. The van der Waals surface area contributed by atoms with Crippen molar-refractivity contribution < 1.29 is 14.7 Å². The van der Waals surface area contributed by atoms with Gasteiger partial charge in [-0.1, -0.05) is 42.5 Å². The molecule has 0 saturated carbocycles. The predicted octanol–water partition coefficient (Wildman–Crippen LogP) is 3.27. The van der Waals surface area contributed by atoms with E-state index >= 15 is 0 Å². The molecule has 2 aromatic carbocycles. The van der Waals surface area contributed by atoms with Gasteiger partial charge in [0.2, 0.25) is 5.91 Å². The summed E-state index contributed by atoms with van der Waals surface area (Å²) in [5, 5.41) is 13.8. The van der Waals surface area contributed by atoms with E-state index in [2.05, 4.69) is 5.32 Å². The smallest absolute Gasteiger partial charge is 0.303 e. The number of nitrogens with one attached hydrogen (secondary N) is 1. The third-order valence-electron chi connectivity index (χ3n) is 3.46. The van der Waals surface area contributed by atoms with Gasteiger partial charge >= 0.3 is 5.97 Å². The van der Waals surface area contributed by atoms with Crippen molar-refractivity contribution in [2.45, 2.75) is 32.2 Å². The van der Waals surface area contributed by atoms with Gasteiger partial charge in [0.25, 0.3) is 0 Å². The molecule has 0 aliphatic heterocycles. The van der Waals surface area contributed by atoms with Crippen LogP contribution in [0.5, 0.6) is 0 Å². The summed E-state index contributed by atoms with van der Waals surface area (Å²) in [5.74, 6) is -0.985. The minimum Gasteiger partial charge on any atom is -0.481 e. The summed E-state index contributed by atoms with van der Waals surface area (Å²) in [7, 11) is 0. The van der Waals surface area contributed by atoms with Crippen molar-refractivity contribution in [1.29, 1.82) is 0 Å². The maximum Gasteiger partial charge on any atom is 0.303 e. The van der Waals surface area contributed by atoms with Crippen LogP contribution in [0.25, 0.3) is 10.8 Å². The lowest BCUT2D eigenvalue weighted by Gasteiger charge is -2.16. The molecule has 0 spiro atoms. The van der Waals surface area contributed by atoms with Crippen LogP contribution in [0.4, 0.5) is 0 Å². The lowest BCUT2D eigenvalue weighted by atomic mass is 9.99. The highest BCUT2D eigenvalue weighted by atomic mass is 16.4. The summed E-state index contributed by atoms with van der Waals surface area (Å²) in [6.45, 7) is 1.94. The van der Waals surface area contributed by atoms with Gasteiger partial charge in [-0.15, -0.1) is 0 Å². The average molecular weight is 285 g/mol. The Bertz CT molecular complexity index is 646. The van der Waals surface area contributed by atoms with E-state index in [0.717, 1.165) is 16.3 Å². The summed E-state index contributed by atoms with van der Waals surface area (Å²) < 4.78 is 0. The molecular formula is C17H19NO3. The Labute approximate surface area is 123 Å². The summed E-state index contributed by atoms with van der Waals surface area (Å²) in [5.41, 5.74) is 1.07. The van der Waals surface area contributed by atoms with E-state index in [-0.39, 0.29) is 24.8 Å². The second-order valence-corrected chi connectivity index (χ2v) is 5.10. The third kappa shape index (κ3) is 4.05. The van der Waals surface area contributed by atoms with Gasteiger partial charge in [-0.3, -0.25) is 9.59 Å². The molecule has 0 aromatic heterocycles. The highest BCUT2D eigenvalue weighted by Gasteiger charge is 2.12. The average Bonchev–Trinajstić information content (AvgIpc) is 2.46. The van der Waals surface area contributed by atoms with Crippen LogP contribution in [0.2, 0.25) is 0 Å². The Kier molecular flexibility index (Phi) is 4.93. The first-order valence-corrected chi connectivity index (χ1v) is 7.07. The molecule has 1 atom stereocenters. The van der Waals surface area contributed by atoms with Crippen LogP contribution in [-0.4, -0.2) is 17.0 Å². The van der Waals surface area contributed by atoms with Crippen LogP contribution in [0.15, 0.2) is 42.5 Å². The van der Waals surface area contributed by atoms with Crippen molar-refractivity contribution in [3.05, 3.63) is 48.0 Å². The van der Waals surface area contributed by atoms with E-state index in [1.807, 2.05) is 49.4 Å². The molecule has 0 bridgehead atoms. The van der Waals surface area contributed by atoms with E-state index in [1.54, 1.807) is 0 Å². The Morgan fingerprint density at radius 2 is 1.81 bits per heavy atom. The lowest BCUT2D eigenvalue weighted by Crippen LogP contribution is -2.26. The largest absolute Gasteiger partial charge is 0.481 e. The number of aliphatic carboxylic acids is 1. The van der Waals surface area contributed by atoms with E-state index in [0.29, 0.717) is 6.42 Å². The van der Waals surface area contributed by atoms with Gasteiger partial charge in [0.15, 0.2) is 0 Å². The first kappa shape index (κ1) is 15.0. The number of rotatable bonds is 6. The number of carboxylic acid groups (broad SMARTS) is 1. The molecule has 21 heavy (non-hydrogen) atoms. The number of benzene rings is 2. The topological polar surface area (TPSA) is 66.4 Å². The second kappa shape index (κ2) is 6.88. The molecule has 4 heteroatoms. The summed E-state index contributed by atoms with van der Waals surface area (Å²) in [6.07, 6.45) is 0.626. The zero-order chi connectivity index (χ0) is 15.2. The number of carboxylic acids is 1. The molecule has 1 amide bonds. The molecule has 0 heterocycles. The summed E-state index contributed by atoms with van der Waals surface area (Å²) in [4.78, 5) is 22.3. The van der Waals surface area contributed by atoms with Crippen molar-refractivity contribution in [2.75, 3.05) is 0 Å². The molecule has 0 saturated heterocycles. The van der Waals surface area contributed by atoms with Crippen LogP contribution in [0, 0.1) is 0 Å². The quantitative estimate of drug-likeness (QED) is 0.856. The molecule has 0 aliphatic carbocycles. The minimum atomic E-state index is -0.870. The van der Waals surface area contributed by atoms with Gasteiger partial charge in [0, 0.05) is 12.8 Å². The predicted molar refractivity (Wildman–Crippen MR) is 82.0 cm³/mol. The zero-order valence-electron chi connectivity index (χ0n) is 12.0. The Morgan fingerprint density at radius 1 is 1.10 bits per heavy atom. The zero-order valence-corrected chi connectivity index (χ0v) is 12.0. The van der Waals surface area contributed by atoms with Gasteiger partial charge < -0.3 is 10.4 Å². The van der Waals surface area contributed by atoms with Gasteiger partial charge in [-0.2, -0.15) is 0 Å². The molecular weight excluding hydrogens is 266 g/mol. The van der Waals surface area contributed by atoms with Crippen LogP contribution >= 0.6 is 0 Å². The van der Waals surface area contributed by atoms with Crippen LogP contribution in [-0.2, 0) is 9.59 Å². The molecule has 0 unspecified atom stereocenters. The van der Waals surface area contributed by atoms with E-state index in [9.17, 15) is 9.59 Å². The van der Waals surface area contributed by atoms with Gasteiger partial charge in [0.1, 0.15) is 0 Å². The Morgan fingerprint density at radius 3 is 2.57 bits per heavy atom. The maximum atomic E-state index is 11.8. The number of hydrogen-bond donors (Lipinski definition) is 2. The molecule has 4 nitrogen and oxygen atoms in total. The fourth-order valence-electron chi connectivity index (χ4n) is 2.42. The van der Waals surface area contributed by atoms with Gasteiger partial charge in [0.05, 0.1) is 6.04 Å². The molecule has 2 aromatic rings. The number of amides is 1. The number of carbonyl (C=O) groups is 2. The summed E-state index contributed by atoms with van der Waals surface area (Å²) >= 11 is 0. The lowest BCUT2D eigenvalue weighted by molar-refractivity contribution is -0.137. The molecule has 0 radical (unpaired) electrons. The molecule has 0 aliphatic rings. The molecule has 2 N–H and O–H groups in total. The maximum absolute atomic E-state index is 11.8. The van der Waals surface area contributed by atoms with Crippen molar-refractivity contribution in [3.8, 4) is 0 Å². The SMILES string of the molecule is C[C@H](NC(=O)CCCC(=O)O)c1cccc2ccccc12. The highest BCUT2D eigenvalue weighted by Crippen LogP contribution is 2.24. The molecule has 2 rings (SSSR count). The molecule has 0 fully saturated rings. The van der Waals surface area contributed by atoms with Crippen molar-refractivity contribution in [3.63, 3.8) is 0 Å². The van der Waals surface area contributed by atoms with Gasteiger partial charge in [-0.05, 0) is 29.7 Å². The first-order valence-electron chi connectivity index (χ1n) is 7.07. The second-order valence-electron chi connectivity index (χ2n) is 5.10. The Balaban J connectivity index is 2.03. The number of fused-ring (bicyclic) bond motifs is 1. The van der Waals surface area contributed by atoms with Crippen molar-refractivity contribution >= 4 is 22.6 Å². The van der Waals surface area contributed by atoms with Crippen LogP contribution < -0.4 is 5.32 Å². The fourth-order valence-corrected chi connectivity index (χ4v) is 2.42. The number of carbonyl (C=O) groups excluding carboxylic acids is 1. The normalized spacial score (nSPS) is 12.0. The number of hydrogen-bond acceptors (Lipinski definition) is 2. The van der Waals surface area contributed by atoms with Crippen molar-refractivity contribution in [2.24, 2.45) is 0 Å². The highest BCUT2D eigenvalue weighted by molar-refractivity contribution is 5.87. The van der Waals surface area contributed by atoms with E-state index < -0.39 is 5.97 Å². The van der Waals surface area contributed by atoms with Gasteiger partial charge in [-0.25, -0.2) is 0 Å². The van der Waals surface area contributed by atoms with Crippen LogP contribution in [0.1, 0.15) is 37.8 Å². The summed E-state index contributed by atoms with van der Waals surface area (Å²) in [6, 6.07) is 14.0. The van der Waals surface area contributed by atoms with Crippen molar-refractivity contribution in [1.82, 2.24) is 5.32 Å². The first-order chi connectivity index (χ1) is 10.1. The van der Waals surface area contributed by atoms with E-state index in [4.69, 9.17) is 5.11 Å².